The van der Waals surface area contributed by atoms with E-state index in [0.717, 1.165) is 17.5 Å². The Labute approximate surface area is 100 Å². The van der Waals surface area contributed by atoms with E-state index in [1.54, 1.807) is 25.2 Å². The van der Waals surface area contributed by atoms with Crippen molar-refractivity contribution >= 4 is 0 Å². The Morgan fingerprint density at radius 3 is 2.82 bits per heavy atom. The van der Waals surface area contributed by atoms with Crippen molar-refractivity contribution in [2.75, 3.05) is 14.1 Å². The molecule has 1 heterocycles. The summed E-state index contributed by atoms with van der Waals surface area (Å²) in [5.74, 6) is 0.454. The summed E-state index contributed by atoms with van der Waals surface area (Å²) in [4.78, 5) is 15.9. The maximum atomic E-state index is 10.4. The molecule has 0 unspecified atom stereocenters. The van der Waals surface area contributed by atoms with E-state index < -0.39 is 4.92 Å². The SMILES string of the molecule is CNC(=C[N+](=O)[O-])N(C)Cc1ccc(C)nc1. The topological polar surface area (TPSA) is 71.3 Å². The van der Waals surface area contributed by atoms with Gasteiger partial charge in [-0.2, -0.15) is 0 Å². The minimum Gasteiger partial charge on any atom is -0.370 e. The molecule has 0 bridgehead atoms. The molecular formula is C11H16N4O2. The number of hydrogen-bond donors (Lipinski definition) is 1. The molecule has 1 rings (SSSR count). The average Bonchev–Trinajstić information content (AvgIpc) is 2.28. The molecule has 0 spiro atoms. The molecule has 0 aliphatic rings. The summed E-state index contributed by atoms with van der Waals surface area (Å²) in [6, 6.07) is 3.87. The van der Waals surface area contributed by atoms with Crippen LogP contribution in [0.2, 0.25) is 0 Å². The monoisotopic (exact) mass is 236 g/mol. The Morgan fingerprint density at radius 2 is 2.35 bits per heavy atom. The van der Waals surface area contributed by atoms with Crippen molar-refractivity contribution < 1.29 is 4.92 Å². The summed E-state index contributed by atoms with van der Waals surface area (Å²) in [6.07, 6.45) is 2.72. The summed E-state index contributed by atoms with van der Waals surface area (Å²) in [7, 11) is 3.44. The molecule has 0 radical (unpaired) electrons. The van der Waals surface area contributed by atoms with Crippen molar-refractivity contribution in [3.8, 4) is 0 Å². The highest BCUT2D eigenvalue weighted by Crippen LogP contribution is 2.06. The first-order valence-electron chi connectivity index (χ1n) is 5.18. The van der Waals surface area contributed by atoms with E-state index in [1.807, 2.05) is 19.1 Å². The summed E-state index contributed by atoms with van der Waals surface area (Å²) < 4.78 is 0. The second kappa shape index (κ2) is 5.83. The third kappa shape index (κ3) is 4.10. The lowest BCUT2D eigenvalue weighted by atomic mass is 10.2. The smallest absolute Gasteiger partial charge is 0.274 e. The number of nitrogens with one attached hydrogen (secondary N) is 1. The van der Waals surface area contributed by atoms with Crippen LogP contribution in [-0.2, 0) is 6.54 Å². The summed E-state index contributed by atoms with van der Waals surface area (Å²) >= 11 is 0. The Hall–Kier alpha value is -2.11. The molecule has 1 N–H and O–H groups in total. The van der Waals surface area contributed by atoms with Crippen LogP contribution in [0, 0.1) is 17.0 Å². The Balaban J connectivity index is 2.73. The predicted octanol–water partition coefficient (Wildman–Crippen LogP) is 1.12. The maximum absolute atomic E-state index is 10.4. The molecule has 6 heteroatoms. The molecule has 6 nitrogen and oxygen atoms in total. The van der Waals surface area contributed by atoms with Gasteiger partial charge in [-0.05, 0) is 18.6 Å². The molecule has 0 aliphatic heterocycles. The number of aromatic nitrogens is 1. The average molecular weight is 236 g/mol. The van der Waals surface area contributed by atoms with E-state index in [2.05, 4.69) is 10.3 Å². The van der Waals surface area contributed by atoms with Crippen molar-refractivity contribution in [1.82, 2.24) is 15.2 Å². The molecule has 1 aromatic rings. The summed E-state index contributed by atoms with van der Waals surface area (Å²) in [5, 5.41) is 13.2. The highest BCUT2D eigenvalue weighted by molar-refractivity contribution is 5.13. The van der Waals surface area contributed by atoms with Crippen LogP contribution >= 0.6 is 0 Å². The Morgan fingerprint density at radius 1 is 1.65 bits per heavy atom. The van der Waals surface area contributed by atoms with Gasteiger partial charge in [0.1, 0.15) is 0 Å². The van der Waals surface area contributed by atoms with Gasteiger partial charge in [-0.25, -0.2) is 0 Å². The first-order chi connectivity index (χ1) is 8.02. The van der Waals surface area contributed by atoms with Crippen LogP contribution in [0.1, 0.15) is 11.3 Å². The lowest BCUT2D eigenvalue weighted by Crippen LogP contribution is -2.26. The molecule has 0 saturated heterocycles. The molecule has 0 saturated carbocycles. The number of hydrogen-bond acceptors (Lipinski definition) is 5. The third-order valence-electron chi connectivity index (χ3n) is 2.29. The van der Waals surface area contributed by atoms with E-state index in [4.69, 9.17) is 0 Å². The van der Waals surface area contributed by atoms with Gasteiger partial charge in [-0.15, -0.1) is 0 Å². The lowest BCUT2D eigenvalue weighted by molar-refractivity contribution is -0.404. The molecule has 0 atom stereocenters. The zero-order valence-electron chi connectivity index (χ0n) is 10.2. The van der Waals surface area contributed by atoms with Crippen LogP contribution in [0.25, 0.3) is 0 Å². The largest absolute Gasteiger partial charge is 0.370 e. The van der Waals surface area contributed by atoms with Gasteiger partial charge in [0, 0.05) is 32.5 Å². The van der Waals surface area contributed by atoms with Gasteiger partial charge in [0.25, 0.3) is 6.20 Å². The maximum Gasteiger partial charge on any atom is 0.274 e. The summed E-state index contributed by atoms with van der Waals surface area (Å²) in [6.45, 7) is 2.48. The zero-order valence-corrected chi connectivity index (χ0v) is 10.2. The number of pyridine rings is 1. The van der Waals surface area contributed by atoms with E-state index in [-0.39, 0.29) is 0 Å². The molecule has 0 amide bonds. The third-order valence-corrected chi connectivity index (χ3v) is 2.29. The minimum absolute atomic E-state index is 0.454. The fourth-order valence-electron chi connectivity index (χ4n) is 1.40. The minimum atomic E-state index is -0.476. The Kier molecular flexibility index (Phi) is 4.45. The standard InChI is InChI=1S/C11H16N4O2/c1-9-4-5-10(6-13-9)7-14(3)11(12-2)8-15(16)17/h4-6,8,12H,7H2,1-3H3. The summed E-state index contributed by atoms with van der Waals surface area (Å²) in [5.41, 5.74) is 1.95. The number of nitrogens with zero attached hydrogens (tertiary/aromatic N) is 3. The predicted molar refractivity (Wildman–Crippen MR) is 64.6 cm³/mol. The van der Waals surface area contributed by atoms with Gasteiger partial charge in [0.05, 0.1) is 4.92 Å². The number of aryl methyl sites for hydroxylation is 1. The molecular weight excluding hydrogens is 220 g/mol. The van der Waals surface area contributed by atoms with E-state index in [1.165, 1.54) is 0 Å². The first kappa shape index (κ1) is 13.0. The van der Waals surface area contributed by atoms with E-state index in [9.17, 15) is 10.1 Å². The fraction of sp³-hybridized carbons (Fsp3) is 0.364. The van der Waals surface area contributed by atoms with E-state index in [0.29, 0.717) is 12.4 Å². The van der Waals surface area contributed by atoms with Crippen LogP contribution in [0.5, 0.6) is 0 Å². The first-order valence-corrected chi connectivity index (χ1v) is 5.18. The highest BCUT2D eigenvalue weighted by Gasteiger charge is 2.07. The van der Waals surface area contributed by atoms with Gasteiger partial charge in [0.15, 0.2) is 5.82 Å². The lowest BCUT2D eigenvalue weighted by Gasteiger charge is -2.20. The van der Waals surface area contributed by atoms with Crippen molar-refractivity contribution in [2.24, 2.45) is 0 Å². The van der Waals surface area contributed by atoms with Gasteiger partial charge in [-0.1, -0.05) is 6.07 Å². The van der Waals surface area contributed by atoms with Crippen LogP contribution in [0.4, 0.5) is 0 Å². The van der Waals surface area contributed by atoms with Crippen molar-refractivity contribution in [3.05, 3.63) is 51.7 Å². The normalized spacial score (nSPS) is 11.1. The van der Waals surface area contributed by atoms with Crippen LogP contribution in [-0.4, -0.2) is 28.9 Å². The second-order valence-corrected chi connectivity index (χ2v) is 3.71. The fourth-order valence-corrected chi connectivity index (χ4v) is 1.40. The van der Waals surface area contributed by atoms with E-state index >= 15 is 0 Å². The molecule has 0 aliphatic carbocycles. The van der Waals surface area contributed by atoms with Gasteiger partial charge in [0.2, 0.25) is 0 Å². The van der Waals surface area contributed by atoms with Gasteiger partial charge < -0.3 is 10.2 Å². The van der Waals surface area contributed by atoms with Gasteiger partial charge in [-0.3, -0.25) is 15.1 Å². The molecule has 17 heavy (non-hydrogen) atoms. The van der Waals surface area contributed by atoms with Crippen LogP contribution in [0.15, 0.2) is 30.4 Å². The van der Waals surface area contributed by atoms with Crippen molar-refractivity contribution in [2.45, 2.75) is 13.5 Å². The second-order valence-electron chi connectivity index (χ2n) is 3.71. The highest BCUT2D eigenvalue weighted by atomic mass is 16.6. The van der Waals surface area contributed by atoms with Crippen molar-refractivity contribution in [1.29, 1.82) is 0 Å². The number of rotatable bonds is 5. The molecule has 1 aromatic heterocycles. The van der Waals surface area contributed by atoms with Crippen LogP contribution < -0.4 is 5.32 Å². The van der Waals surface area contributed by atoms with Crippen molar-refractivity contribution in [3.63, 3.8) is 0 Å². The van der Waals surface area contributed by atoms with Gasteiger partial charge >= 0.3 is 0 Å². The molecule has 0 aromatic carbocycles. The Bertz CT molecular complexity index is 414. The molecule has 92 valence electrons. The van der Waals surface area contributed by atoms with Crippen LogP contribution in [0.3, 0.4) is 0 Å². The molecule has 0 fully saturated rings. The quantitative estimate of drug-likeness (QED) is 0.612. The number of nitro groups is 1. The zero-order chi connectivity index (χ0) is 12.8.